The molecule has 1 N–H and O–H groups in total. The molecule has 0 unspecified atom stereocenters. The Morgan fingerprint density at radius 3 is 2.74 bits per heavy atom. The number of para-hydroxylation sites is 1. The van der Waals surface area contributed by atoms with Crippen LogP contribution in [0.1, 0.15) is 12.8 Å². The molecule has 0 radical (unpaired) electrons. The van der Waals surface area contributed by atoms with Crippen molar-refractivity contribution in [2.75, 3.05) is 25.5 Å². The first kappa shape index (κ1) is 13.4. The van der Waals surface area contributed by atoms with E-state index < -0.39 is 0 Å². The van der Waals surface area contributed by atoms with E-state index in [1.807, 2.05) is 30.3 Å². The van der Waals surface area contributed by atoms with Gasteiger partial charge in [-0.3, -0.25) is 4.79 Å². The van der Waals surface area contributed by atoms with Gasteiger partial charge in [0.25, 0.3) is 0 Å². The largest absolute Gasteiger partial charge is 0.469 e. The van der Waals surface area contributed by atoms with E-state index in [1.165, 1.54) is 7.11 Å². The summed E-state index contributed by atoms with van der Waals surface area (Å²) in [7, 11) is 1.38. The van der Waals surface area contributed by atoms with Gasteiger partial charge < -0.3 is 15.0 Å². The summed E-state index contributed by atoms with van der Waals surface area (Å²) < 4.78 is 4.74. The van der Waals surface area contributed by atoms with Crippen molar-refractivity contribution >= 4 is 17.7 Å². The number of methoxy groups -OCH3 is 1. The number of piperidine rings is 1. The van der Waals surface area contributed by atoms with Crippen molar-refractivity contribution in [1.82, 2.24) is 4.90 Å². The fourth-order valence-electron chi connectivity index (χ4n) is 2.24. The molecule has 1 aromatic carbocycles. The number of carbonyl (C=O) groups excluding carboxylic acids is 2. The van der Waals surface area contributed by atoms with Crippen molar-refractivity contribution in [3.63, 3.8) is 0 Å². The van der Waals surface area contributed by atoms with Crippen molar-refractivity contribution in [1.29, 1.82) is 0 Å². The number of hydrogen-bond donors (Lipinski definition) is 1. The van der Waals surface area contributed by atoms with Gasteiger partial charge in [-0.25, -0.2) is 4.79 Å². The Labute approximate surface area is 112 Å². The molecule has 5 heteroatoms. The van der Waals surface area contributed by atoms with E-state index in [-0.39, 0.29) is 17.9 Å². The molecule has 0 spiro atoms. The molecule has 1 aliphatic heterocycles. The Bertz CT molecular complexity index is 447. The van der Waals surface area contributed by atoms with E-state index >= 15 is 0 Å². The maximum Gasteiger partial charge on any atom is 0.321 e. The lowest BCUT2D eigenvalue weighted by molar-refractivity contribution is -0.146. The van der Waals surface area contributed by atoms with Gasteiger partial charge in [0.05, 0.1) is 13.0 Å². The number of carbonyl (C=O) groups is 2. The van der Waals surface area contributed by atoms with Gasteiger partial charge in [-0.05, 0) is 25.0 Å². The number of nitrogens with one attached hydrogen (secondary N) is 1. The Hall–Kier alpha value is -2.04. The molecule has 0 saturated carbocycles. The lowest BCUT2D eigenvalue weighted by Gasteiger charge is -2.31. The zero-order valence-electron chi connectivity index (χ0n) is 11.0. The normalized spacial score (nSPS) is 18.8. The van der Waals surface area contributed by atoms with Crippen molar-refractivity contribution in [3.8, 4) is 0 Å². The molecular formula is C14H18N2O3. The van der Waals surface area contributed by atoms with Crippen LogP contribution in [0.4, 0.5) is 10.5 Å². The highest BCUT2D eigenvalue weighted by Gasteiger charge is 2.28. The van der Waals surface area contributed by atoms with Gasteiger partial charge in [-0.15, -0.1) is 0 Å². The first-order chi connectivity index (χ1) is 9.20. The molecule has 2 amide bonds. The van der Waals surface area contributed by atoms with E-state index in [9.17, 15) is 9.59 Å². The fourth-order valence-corrected chi connectivity index (χ4v) is 2.24. The number of likely N-dealkylation sites (tertiary alicyclic amines) is 1. The third kappa shape index (κ3) is 3.47. The van der Waals surface area contributed by atoms with E-state index in [0.29, 0.717) is 13.1 Å². The molecule has 1 heterocycles. The molecule has 1 saturated heterocycles. The third-order valence-electron chi connectivity index (χ3n) is 3.27. The molecule has 0 aliphatic carbocycles. The lowest BCUT2D eigenvalue weighted by atomic mass is 9.98. The highest BCUT2D eigenvalue weighted by molar-refractivity contribution is 5.89. The number of benzene rings is 1. The maximum atomic E-state index is 12.1. The summed E-state index contributed by atoms with van der Waals surface area (Å²) in [4.78, 5) is 25.3. The van der Waals surface area contributed by atoms with Crippen molar-refractivity contribution in [2.24, 2.45) is 5.92 Å². The van der Waals surface area contributed by atoms with Crippen LogP contribution in [0.3, 0.4) is 0 Å². The first-order valence-corrected chi connectivity index (χ1v) is 6.39. The molecule has 1 fully saturated rings. The van der Waals surface area contributed by atoms with Crippen LogP contribution in [0.5, 0.6) is 0 Å². The summed E-state index contributed by atoms with van der Waals surface area (Å²) in [6, 6.07) is 9.12. The summed E-state index contributed by atoms with van der Waals surface area (Å²) >= 11 is 0. The van der Waals surface area contributed by atoms with Gasteiger partial charge in [0.2, 0.25) is 0 Å². The Morgan fingerprint density at radius 2 is 2.05 bits per heavy atom. The molecule has 5 nitrogen and oxygen atoms in total. The summed E-state index contributed by atoms with van der Waals surface area (Å²) in [5.74, 6) is -0.447. The molecule has 1 atom stereocenters. The summed E-state index contributed by atoms with van der Waals surface area (Å²) in [6.45, 7) is 1.09. The second-order valence-corrected chi connectivity index (χ2v) is 4.60. The van der Waals surface area contributed by atoms with Gasteiger partial charge >= 0.3 is 12.0 Å². The average molecular weight is 262 g/mol. The van der Waals surface area contributed by atoms with Gasteiger partial charge in [0.15, 0.2) is 0 Å². The molecule has 2 rings (SSSR count). The minimum absolute atomic E-state index is 0.167. The predicted octanol–water partition coefficient (Wildman–Crippen LogP) is 2.10. The molecule has 19 heavy (non-hydrogen) atoms. The highest BCUT2D eigenvalue weighted by Crippen LogP contribution is 2.18. The summed E-state index contributed by atoms with van der Waals surface area (Å²) in [5.41, 5.74) is 0.757. The van der Waals surface area contributed by atoms with Crippen molar-refractivity contribution in [3.05, 3.63) is 30.3 Å². The van der Waals surface area contributed by atoms with Gasteiger partial charge in [-0.2, -0.15) is 0 Å². The third-order valence-corrected chi connectivity index (χ3v) is 3.27. The number of anilines is 1. The zero-order valence-corrected chi connectivity index (χ0v) is 11.0. The van der Waals surface area contributed by atoms with Crippen LogP contribution in [-0.4, -0.2) is 37.1 Å². The monoisotopic (exact) mass is 262 g/mol. The number of ether oxygens (including phenoxy) is 1. The van der Waals surface area contributed by atoms with Gasteiger partial charge in [-0.1, -0.05) is 18.2 Å². The number of esters is 1. The van der Waals surface area contributed by atoms with Gasteiger partial charge in [0, 0.05) is 18.8 Å². The van der Waals surface area contributed by atoms with E-state index in [4.69, 9.17) is 4.74 Å². The van der Waals surface area contributed by atoms with Crippen LogP contribution in [0.15, 0.2) is 30.3 Å². The topological polar surface area (TPSA) is 58.6 Å². The maximum absolute atomic E-state index is 12.1. The number of urea groups is 1. The van der Waals surface area contributed by atoms with Crippen molar-refractivity contribution in [2.45, 2.75) is 12.8 Å². The van der Waals surface area contributed by atoms with Crippen LogP contribution >= 0.6 is 0 Å². The number of nitrogens with zero attached hydrogens (tertiary/aromatic N) is 1. The molecular weight excluding hydrogens is 244 g/mol. The predicted molar refractivity (Wildman–Crippen MR) is 71.8 cm³/mol. The van der Waals surface area contributed by atoms with E-state index in [1.54, 1.807) is 4.90 Å². The highest BCUT2D eigenvalue weighted by atomic mass is 16.5. The van der Waals surface area contributed by atoms with Crippen molar-refractivity contribution < 1.29 is 14.3 Å². The van der Waals surface area contributed by atoms with Crippen LogP contribution in [0, 0.1) is 5.92 Å². The lowest BCUT2D eigenvalue weighted by Crippen LogP contribution is -2.44. The average Bonchev–Trinajstić information content (AvgIpc) is 2.47. The minimum atomic E-state index is -0.239. The van der Waals surface area contributed by atoms with E-state index in [0.717, 1.165) is 18.5 Å². The number of rotatable bonds is 2. The fraction of sp³-hybridized carbons (Fsp3) is 0.429. The molecule has 0 aromatic heterocycles. The van der Waals surface area contributed by atoms with Crippen LogP contribution in [0.25, 0.3) is 0 Å². The smallest absolute Gasteiger partial charge is 0.321 e. The Balaban J connectivity index is 1.94. The minimum Gasteiger partial charge on any atom is -0.469 e. The number of hydrogen-bond acceptors (Lipinski definition) is 3. The quantitative estimate of drug-likeness (QED) is 0.830. The summed E-state index contributed by atoms with van der Waals surface area (Å²) in [6.07, 6.45) is 1.60. The molecule has 1 aromatic rings. The first-order valence-electron chi connectivity index (χ1n) is 6.39. The number of amides is 2. The summed E-state index contributed by atoms with van der Waals surface area (Å²) in [5, 5.41) is 2.82. The van der Waals surface area contributed by atoms with Crippen LogP contribution < -0.4 is 5.32 Å². The Kier molecular flexibility index (Phi) is 4.39. The molecule has 102 valence electrons. The molecule has 0 bridgehead atoms. The molecule has 1 aliphatic rings. The standard InChI is InChI=1S/C14H18N2O3/c1-19-13(17)11-6-5-9-16(10-11)14(18)15-12-7-3-2-4-8-12/h2-4,7-8,11H,5-6,9-10H2,1H3,(H,15,18)/t11-/m1/s1. The van der Waals surface area contributed by atoms with Crippen LogP contribution in [0.2, 0.25) is 0 Å². The van der Waals surface area contributed by atoms with E-state index in [2.05, 4.69) is 5.32 Å². The van der Waals surface area contributed by atoms with Crippen LogP contribution in [-0.2, 0) is 9.53 Å². The SMILES string of the molecule is COC(=O)[C@@H]1CCCN(C(=O)Nc2ccccc2)C1. The Morgan fingerprint density at radius 1 is 1.32 bits per heavy atom. The van der Waals surface area contributed by atoms with Gasteiger partial charge in [0.1, 0.15) is 0 Å². The zero-order chi connectivity index (χ0) is 13.7. The second-order valence-electron chi connectivity index (χ2n) is 4.60. The second kappa shape index (κ2) is 6.22.